The van der Waals surface area contributed by atoms with Gasteiger partial charge in [-0.05, 0) is 12.7 Å². The Balaban J connectivity index is 2.37. The molecule has 90 valence electrons. The van der Waals surface area contributed by atoms with Gasteiger partial charge in [0.2, 0.25) is 0 Å². The number of hydrogen-bond acceptors (Lipinski definition) is 6. The van der Waals surface area contributed by atoms with Gasteiger partial charge in [0.05, 0.1) is 5.75 Å². The Morgan fingerprint density at radius 3 is 2.81 bits per heavy atom. The molecule has 1 heterocycles. The second-order valence-electron chi connectivity index (χ2n) is 3.36. The fraction of sp³-hybridized carbons (Fsp3) is 0.556. The van der Waals surface area contributed by atoms with Gasteiger partial charge in [-0.25, -0.2) is 18.4 Å². The molecule has 0 aromatic carbocycles. The lowest BCUT2D eigenvalue weighted by Crippen LogP contribution is -2.10. The number of hydrogen-bond donors (Lipinski definition) is 1. The third-order valence-corrected chi connectivity index (χ3v) is 3.52. The largest absolute Gasteiger partial charge is 0.370 e. The van der Waals surface area contributed by atoms with Crippen LogP contribution >= 0.6 is 11.8 Å². The molecule has 1 rings (SSSR count). The van der Waals surface area contributed by atoms with Gasteiger partial charge in [0.25, 0.3) is 0 Å². The number of nitrogens with one attached hydrogen (secondary N) is 1. The van der Waals surface area contributed by atoms with Gasteiger partial charge >= 0.3 is 0 Å². The maximum absolute atomic E-state index is 10.9. The maximum atomic E-state index is 10.9. The SMILES string of the molecule is CSc1cc(NCCCS(C)(=O)=O)ncn1. The molecule has 1 aromatic heterocycles. The first kappa shape index (κ1) is 13.2. The molecule has 0 fully saturated rings. The van der Waals surface area contributed by atoms with E-state index >= 15 is 0 Å². The lowest BCUT2D eigenvalue weighted by atomic mass is 10.4. The minimum absolute atomic E-state index is 0.195. The Hall–Kier alpha value is -0.820. The molecule has 16 heavy (non-hydrogen) atoms. The quantitative estimate of drug-likeness (QED) is 0.469. The average molecular weight is 261 g/mol. The summed E-state index contributed by atoms with van der Waals surface area (Å²) >= 11 is 1.54. The van der Waals surface area contributed by atoms with Crippen molar-refractivity contribution in [3.63, 3.8) is 0 Å². The normalized spacial score (nSPS) is 11.4. The van der Waals surface area contributed by atoms with E-state index in [1.54, 1.807) is 0 Å². The fourth-order valence-electron chi connectivity index (χ4n) is 1.10. The van der Waals surface area contributed by atoms with Crippen molar-refractivity contribution in [3.05, 3.63) is 12.4 Å². The van der Waals surface area contributed by atoms with Crippen LogP contribution in [0, 0.1) is 0 Å². The van der Waals surface area contributed by atoms with E-state index in [-0.39, 0.29) is 5.75 Å². The predicted molar refractivity (Wildman–Crippen MR) is 66.6 cm³/mol. The Morgan fingerprint density at radius 1 is 1.44 bits per heavy atom. The zero-order chi connectivity index (χ0) is 12.0. The monoisotopic (exact) mass is 261 g/mol. The zero-order valence-corrected chi connectivity index (χ0v) is 10.9. The van der Waals surface area contributed by atoms with Crippen LogP contribution in [0.2, 0.25) is 0 Å². The molecule has 0 bridgehead atoms. The summed E-state index contributed by atoms with van der Waals surface area (Å²) in [4.78, 5) is 8.08. The number of nitrogens with zero attached hydrogens (tertiary/aromatic N) is 2. The molecule has 0 unspecified atom stereocenters. The summed E-state index contributed by atoms with van der Waals surface area (Å²) in [5.41, 5.74) is 0. The van der Waals surface area contributed by atoms with Gasteiger partial charge in [0.1, 0.15) is 27.0 Å². The first-order valence-electron chi connectivity index (χ1n) is 4.79. The molecule has 0 spiro atoms. The molecule has 0 aliphatic carbocycles. The summed E-state index contributed by atoms with van der Waals surface area (Å²) in [6.45, 7) is 0.595. The van der Waals surface area contributed by atoms with Gasteiger partial charge in [-0.1, -0.05) is 0 Å². The molecular weight excluding hydrogens is 246 g/mol. The van der Waals surface area contributed by atoms with E-state index < -0.39 is 9.84 Å². The average Bonchev–Trinajstić information content (AvgIpc) is 2.23. The van der Waals surface area contributed by atoms with Crippen molar-refractivity contribution < 1.29 is 8.42 Å². The summed E-state index contributed by atoms with van der Waals surface area (Å²) in [6, 6.07) is 1.84. The van der Waals surface area contributed by atoms with Gasteiger partial charge in [-0.2, -0.15) is 0 Å². The van der Waals surface area contributed by atoms with Gasteiger partial charge in [-0.3, -0.25) is 0 Å². The van der Waals surface area contributed by atoms with Gasteiger partial charge in [0, 0.05) is 18.9 Å². The van der Waals surface area contributed by atoms with E-state index in [2.05, 4.69) is 15.3 Å². The van der Waals surface area contributed by atoms with Crippen molar-refractivity contribution in [2.24, 2.45) is 0 Å². The zero-order valence-electron chi connectivity index (χ0n) is 9.30. The summed E-state index contributed by atoms with van der Waals surface area (Å²) in [7, 11) is -2.87. The number of sulfone groups is 1. The molecule has 5 nitrogen and oxygen atoms in total. The van der Waals surface area contributed by atoms with Crippen LogP contribution in [0.4, 0.5) is 5.82 Å². The highest BCUT2D eigenvalue weighted by Gasteiger charge is 2.01. The summed E-state index contributed by atoms with van der Waals surface area (Å²) in [5.74, 6) is 0.924. The van der Waals surface area contributed by atoms with Crippen LogP contribution in [0.25, 0.3) is 0 Å². The molecule has 0 aliphatic rings. The van der Waals surface area contributed by atoms with E-state index in [1.807, 2.05) is 12.3 Å². The number of aromatic nitrogens is 2. The lowest BCUT2D eigenvalue weighted by molar-refractivity contribution is 0.600. The first-order chi connectivity index (χ1) is 7.51. The Morgan fingerprint density at radius 2 is 2.19 bits per heavy atom. The summed E-state index contributed by atoms with van der Waals surface area (Å²) < 4.78 is 21.8. The Labute approximate surface area is 100.0 Å². The first-order valence-corrected chi connectivity index (χ1v) is 8.07. The maximum Gasteiger partial charge on any atom is 0.147 e. The van der Waals surface area contributed by atoms with E-state index in [9.17, 15) is 8.42 Å². The van der Waals surface area contributed by atoms with Gasteiger partial charge in [-0.15, -0.1) is 11.8 Å². The third kappa shape index (κ3) is 5.32. The van der Waals surface area contributed by atoms with Gasteiger partial charge in [0.15, 0.2) is 0 Å². The molecule has 0 saturated carbocycles. The molecule has 0 radical (unpaired) electrons. The summed E-state index contributed by atoms with van der Waals surface area (Å²) in [6.07, 6.45) is 5.25. The number of thioether (sulfide) groups is 1. The van der Waals surface area contributed by atoms with Crippen LogP contribution in [0.3, 0.4) is 0 Å². The molecule has 0 amide bonds. The highest BCUT2D eigenvalue weighted by atomic mass is 32.2. The fourth-order valence-corrected chi connectivity index (χ4v) is 2.15. The van der Waals surface area contributed by atoms with Gasteiger partial charge < -0.3 is 5.32 Å². The third-order valence-electron chi connectivity index (χ3n) is 1.85. The van der Waals surface area contributed by atoms with E-state index in [0.29, 0.717) is 13.0 Å². The Kier molecular flexibility index (Phi) is 5.01. The van der Waals surface area contributed by atoms with Crippen molar-refractivity contribution in [1.29, 1.82) is 0 Å². The standard InChI is InChI=1S/C9H15N3O2S2/c1-15-9-6-8(11-7-12-9)10-4-3-5-16(2,13)14/h6-7H,3-5H2,1-2H3,(H,10,11,12). The van der Waals surface area contributed by atoms with Crippen molar-refractivity contribution in [3.8, 4) is 0 Å². The minimum atomic E-state index is -2.87. The predicted octanol–water partition coefficient (Wildman–Crippen LogP) is 1.05. The second kappa shape index (κ2) is 6.05. The summed E-state index contributed by atoms with van der Waals surface area (Å²) in [5, 5.41) is 3.95. The van der Waals surface area contributed by atoms with Crippen LogP contribution in [-0.2, 0) is 9.84 Å². The number of rotatable bonds is 6. The molecule has 0 atom stereocenters. The van der Waals surface area contributed by atoms with E-state index in [1.165, 1.54) is 24.3 Å². The van der Waals surface area contributed by atoms with Crippen molar-refractivity contribution >= 4 is 27.4 Å². The van der Waals surface area contributed by atoms with Crippen LogP contribution in [0.15, 0.2) is 17.4 Å². The molecule has 1 aromatic rings. The van der Waals surface area contributed by atoms with E-state index in [4.69, 9.17) is 0 Å². The highest BCUT2D eigenvalue weighted by molar-refractivity contribution is 7.98. The van der Waals surface area contributed by atoms with Crippen molar-refractivity contribution in [2.45, 2.75) is 11.4 Å². The lowest BCUT2D eigenvalue weighted by Gasteiger charge is -2.05. The van der Waals surface area contributed by atoms with Crippen LogP contribution in [0.5, 0.6) is 0 Å². The molecular formula is C9H15N3O2S2. The van der Waals surface area contributed by atoms with Crippen LogP contribution in [-0.4, -0.2) is 43.2 Å². The second-order valence-corrected chi connectivity index (χ2v) is 6.44. The van der Waals surface area contributed by atoms with Crippen LogP contribution in [0.1, 0.15) is 6.42 Å². The molecule has 0 aliphatic heterocycles. The van der Waals surface area contributed by atoms with E-state index in [0.717, 1.165) is 10.8 Å². The smallest absolute Gasteiger partial charge is 0.147 e. The minimum Gasteiger partial charge on any atom is -0.370 e. The van der Waals surface area contributed by atoms with Crippen LogP contribution < -0.4 is 5.32 Å². The molecule has 0 saturated heterocycles. The van der Waals surface area contributed by atoms with Crippen molar-refractivity contribution in [2.75, 3.05) is 30.1 Å². The molecule has 1 N–H and O–H groups in total. The highest BCUT2D eigenvalue weighted by Crippen LogP contribution is 2.13. The Bertz CT molecular complexity index is 434. The molecule has 7 heteroatoms. The number of anilines is 1. The van der Waals surface area contributed by atoms with Crippen molar-refractivity contribution in [1.82, 2.24) is 9.97 Å². The topological polar surface area (TPSA) is 72.0 Å².